The van der Waals surface area contributed by atoms with Crippen LogP contribution in [-0.2, 0) is 19.6 Å². The van der Waals surface area contributed by atoms with Crippen LogP contribution in [-0.4, -0.2) is 39.5 Å². The third-order valence-corrected chi connectivity index (χ3v) is 7.20. The van der Waals surface area contributed by atoms with E-state index in [1.807, 2.05) is 6.92 Å². The zero-order valence-electron chi connectivity index (χ0n) is 19.0. The molecule has 184 valence electrons. The number of amides is 1. The molecule has 1 amide bonds. The van der Waals surface area contributed by atoms with E-state index in [1.54, 1.807) is 24.3 Å². The van der Waals surface area contributed by atoms with Gasteiger partial charge >= 0.3 is 5.97 Å². The Bertz CT molecular complexity index is 1100. The smallest absolute Gasteiger partial charge is 0.338 e. The summed E-state index contributed by atoms with van der Waals surface area (Å²) in [6.07, 6.45) is 5.42. The summed E-state index contributed by atoms with van der Waals surface area (Å²) < 4.78 is 38.4. The third-order valence-electron chi connectivity index (χ3n) is 5.38. The summed E-state index contributed by atoms with van der Waals surface area (Å²) in [6, 6.07) is 10.4. The molecule has 1 aliphatic carbocycles. The molecule has 1 aliphatic rings. The lowest BCUT2D eigenvalue weighted by atomic mass is 10.2. The van der Waals surface area contributed by atoms with Crippen molar-refractivity contribution in [2.75, 3.05) is 18.5 Å². The molecule has 0 spiro atoms. The molecule has 0 radical (unpaired) electrons. The van der Waals surface area contributed by atoms with Gasteiger partial charge in [0, 0.05) is 11.7 Å². The van der Waals surface area contributed by atoms with Gasteiger partial charge in [0.05, 0.1) is 22.1 Å². The second kappa shape index (κ2) is 12.2. The number of benzene rings is 2. The molecular formula is C24H29ClN2O6S. The van der Waals surface area contributed by atoms with Crippen molar-refractivity contribution >= 4 is 39.2 Å². The van der Waals surface area contributed by atoms with Crippen molar-refractivity contribution in [3.05, 3.63) is 53.1 Å². The molecule has 10 heteroatoms. The van der Waals surface area contributed by atoms with Crippen molar-refractivity contribution in [3.63, 3.8) is 0 Å². The van der Waals surface area contributed by atoms with Crippen molar-refractivity contribution in [3.8, 4) is 5.75 Å². The molecular weight excluding hydrogens is 480 g/mol. The Kier molecular flexibility index (Phi) is 9.32. The van der Waals surface area contributed by atoms with E-state index in [0.717, 1.165) is 38.5 Å². The Morgan fingerprint density at radius 3 is 2.44 bits per heavy atom. The number of nitrogens with one attached hydrogen (secondary N) is 2. The standard InChI is InChI=1S/C24H29ClN2O6S/c1-2-3-14-32-24(29)17-8-10-18(11-9-17)26-23(28)16-33-22-13-12-20(15-21(22)25)34(30,31)27-19-6-4-5-7-19/h8-13,15,19,27H,2-7,14,16H2,1H3,(H,26,28). The number of anilines is 1. The van der Waals surface area contributed by atoms with E-state index in [4.69, 9.17) is 21.1 Å². The minimum atomic E-state index is -3.67. The number of carbonyl (C=O) groups excluding carboxylic acids is 2. The monoisotopic (exact) mass is 508 g/mol. The van der Waals surface area contributed by atoms with Crippen LogP contribution in [0.4, 0.5) is 5.69 Å². The molecule has 0 atom stereocenters. The van der Waals surface area contributed by atoms with E-state index < -0.39 is 21.9 Å². The number of sulfonamides is 1. The largest absolute Gasteiger partial charge is 0.482 e. The highest BCUT2D eigenvalue weighted by Gasteiger charge is 2.23. The van der Waals surface area contributed by atoms with Crippen molar-refractivity contribution in [2.24, 2.45) is 0 Å². The highest BCUT2D eigenvalue weighted by atomic mass is 35.5. The summed E-state index contributed by atoms with van der Waals surface area (Å²) in [7, 11) is -3.67. The minimum Gasteiger partial charge on any atom is -0.482 e. The maximum atomic E-state index is 12.5. The van der Waals surface area contributed by atoms with E-state index in [9.17, 15) is 18.0 Å². The van der Waals surface area contributed by atoms with Crippen LogP contribution in [0.2, 0.25) is 5.02 Å². The molecule has 8 nitrogen and oxygen atoms in total. The predicted octanol–water partition coefficient (Wildman–Crippen LogP) is 4.54. The summed E-state index contributed by atoms with van der Waals surface area (Å²) in [5, 5.41) is 2.75. The zero-order chi connectivity index (χ0) is 24.6. The summed E-state index contributed by atoms with van der Waals surface area (Å²) >= 11 is 6.20. The lowest BCUT2D eigenvalue weighted by Gasteiger charge is -2.14. The van der Waals surface area contributed by atoms with E-state index in [-0.39, 0.29) is 28.3 Å². The maximum Gasteiger partial charge on any atom is 0.338 e. The number of halogens is 1. The fraction of sp³-hybridized carbons (Fsp3) is 0.417. The van der Waals surface area contributed by atoms with Gasteiger partial charge in [-0.1, -0.05) is 37.8 Å². The molecule has 1 fully saturated rings. The highest BCUT2D eigenvalue weighted by molar-refractivity contribution is 7.89. The van der Waals surface area contributed by atoms with E-state index in [2.05, 4.69) is 10.0 Å². The average molecular weight is 509 g/mol. The van der Waals surface area contributed by atoms with Crippen molar-refractivity contribution in [1.82, 2.24) is 4.72 Å². The number of hydrogen-bond donors (Lipinski definition) is 2. The first-order chi connectivity index (χ1) is 16.3. The van der Waals surface area contributed by atoms with Gasteiger partial charge in [-0.3, -0.25) is 4.79 Å². The van der Waals surface area contributed by atoms with Crippen molar-refractivity contribution in [2.45, 2.75) is 56.4 Å². The Morgan fingerprint density at radius 1 is 1.09 bits per heavy atom. The van der Waals surface area contributed by atoms with Gasteiger partial charge in [0.2, 0.25) is 10.0 Å². The van der Waals surface area contributed by atoms with Gasteiger partial charge in [-0.15, -0.1) is 0 Å². The molecule has 2 N–H and O–H groups in total. The summed E-state index contributed by atoms with van der Waals surface area (Å²) in [5.41, 5.74) is 0.888. The first kappa shape index (κ1) is 26.0. The SMILES string of the molecule is CCCCOC(=O)c1ccc(NC(=O)COc2ccc(S(=O)(=O)NC3CCCC3)cc2Cl)cc1. The molecule has 0 unspecified atom stereocenters. The zero-order valence-corrected chi connectivity index (χ0v) is 20.6. The van der Waals surface area contributed by atoms with Crippen LogP contribution < -0.4 is 14.8 Å². The van der Waals surface area contributed by atoms with Gasteiger partial charge in [-0.25, -0.2) is 17.9 Å². The second-order valence-electron chi connectivity index (χ2n) is 8.10. The molecule has 2 aromatic carbocycles. The first-order valence-corrected chi connectivity index (χ1v) is 13.2. The van der Waals surface area contributed by atoms with Crippen LogP contribution in [0, 0.1) is 0 Å². The fourth-order valence-corrected chi connectivity index (χ4v) is 5.15. The van der Waals surface area contributed by atoms with Crippen LogP contribution in [0.5, 0.6) is 5.75 Å². The highest BCUT2D eigenvalue weighted by Crippen LogP contribution is 2.28. The van der Waals surface area contributed by atoms with E-state index in [0.29, 0.717) is 17.9 Å². The maximum absolute atomic E-state index is 12.5. The van der Waals surface area contributed by atoms with Gasteiger partial charge in [-0.2, -0.15) is 0 Å². The van der Waals surface area contributed by atoms with Crippen molar-refractivity contribution in [1.29, 1.82) is 0 Å². The molecule has 0 aromatic heterocycles. The molecule has 34 heavy (non-hydrogen) atoms. The topological polar surface area (TPSA) is 111 Å². The number of ether oxygens (including phenoxy) is 2. The minimum absolute atomic E-state index is 0.0505. The molecule has 0 aliphatic heterocycles. The number of hydrogen-bond acceptors (Lipinski definition) is 6. The fourth-order valence-electron chi connectivity index (χ4n) is 3.52. The molecule has 0 saturated heterocycles. The molecule has 3 rings (SSSR count). The van der Waals surface area contributed by atoms with Crippen LogP contribution in [0.1, 0.15) is 55.8 Å². The first-order valence-electron chi connectivity index (χ1n) is 11.3. The van der Waals surface area contributed by atoms with Crippen LogP contribution >= 0.6 is 11.6 Å². The lowest BCUT2D eigenvalue weighted by Crippen LogP contribution is -2.32. The second-order valence-corrected chi connectivity index (χ2v) is 10.2. The van der Waals surface area contributed by atoms with Crippen LogP contribution in [0.15, 0.2) is 47.4 Å². The van der Waals surface area contributed by atoms with Gasteiger partial charge in [0.1, 0.15) is 5.75 Å². The van der Waals surface area contributed by atoms with Gasteiger partial charge in [0.25, 0.3) is 5.91 Å². The van der Waals surface area contributed by atoms with Gasteiger partial charge in [0.15, 0.2) is 6.61 Å². The number of unbranched alkanes of at least 4 members (excludes halogenated alkanes) is 1. The third kappa shape index (κ3) is 7.44. The molecule has 1 saturated carbocycles. The average Bonchev–Trinajstić information content (AvgIpc) is 3.31. The van der Waals surface area contributed by atoms with Gasteiger partial charge in [-0.05, 0) is 61.7 Å². The summed E-state index contributed by atoms with van der Waals surface area (Å²) in [5.74, 6) is -0.649. The Labute approximate surface area is 205 Å². The van der Waals surface area contributed by atoms with E-state index >= 15 is 0 Å². The molecule has 0 bridgehead atoms. The number of esters is 1. The number of carbonyl (C=O) groups is 2. The normalized spacial score (nSPS) is 14.1. The van der Waals surface area contributed by atoms with Crippen LogP contribution in [0.25, 0.3) is 0 Å². The Morgan fingerprint density at radius 2 is 1.79 bits per heavy atom. The quantitative estimate of drug-likeness (QED) is 0.340. The lowest BCUT2D eigenvalue weighted by molar-refractivity contribution is -0.118. The number of rotatable bonds is 11. The van der Waals surface area contributed by atoms with E-state index in [1.165, 1.54) is 18.2 Å². The molecule has 2 aromatic rings. The predicted molar refractivity (Wildman–Crippen MR) is 130 cm³/mol. The van der Waals surface area contributed by atoms with Crippen LogP contribution in [0.3, 0.4) is 0 Å². The van der Waals surface area contributed by atoms with Gasteiger partial charge < -0.3 is 14.8 Å². The summed E-state index contributed by atoms with van der Waals surface area (Å²) in [4.78, 5) is 24.2. The summed E-state index contributed by atoms with van der Waals surface area (Å²) in [6.45, 7) is 2.06. The Balaban J connectivity index is 1.51. The Hall–Kier alpha value is -2.62. The van der Waals surface area contributed by atoms with Crippen molar-refractivity contribution < 1.29 is 27.5 Å². The molecule has 0 heterocycles.